The van der Waals surface area contributed by atoms with Gasteiger partial charge in [-0.25, -0.2) is 0 Å². The zero-order valence-corrected chi connectivity index (χ0v) is 9.70. The molecule has 0 bridgehead atoms. The van der Waals surface area contributed by atoms with Crippen molar-refractivity contribution in [2.75, 3.05) is 6.61 Å². The van der Waals surface area contributed by atoms with Gasteiger partial charge in [0.2, 0.25) is 0 Å². The summed E-state index contributed by atoms with van der Waals surface area (Å²) in [7, 11) is 0. The fraction of sp³-hybridized carbons (Fsp3) is 0.200. The van der Waals surface area contributed by atoms with E-state index in [4.69, 9.17) is 4.74 Å². The van der Waals surface area contributed by atoms with Gasteiger partial charge in [0.25, 0.3) is 0 Å². The standard InChI is InChI=1S/C10H7BrN2O3/c11-5-3-6-8-7(4-5)16-2-1-13(8)10(15)9(14)12-6/h3-4H,1-2H2,(H,12,14). The summed E-state index contributed by atoms with van der Waals surface area (Å²) in [6, 6.07) is 3.54. The molecule has 0 spiro atoms. The number of aromatic nitrogens is 2. The summed E-state index contributed by atoms with van der Waals surface area (Å²) in [5, 5.41) is 0. The van der Waals surface area contributed by atoms with E-state index >= 15 is 0 Å². The van der Waals surface area contributed by atoms with Gasteiger partial charge in [-0.05, 0) is 12.1 Å². The Hall–Kier alpha value is -1.56. The number of hydrogen-bond acceptors (Lipinski definition) is 3. The van der Waals surface area contributed by atoms with Crippen molar-refractivity contribution in [2.24, 2.45) is 0 Å². The van der Waals surface area contributed by atoms with Crippen molar-refractivity contribution in [1.82, 2.24) is 9.55 Å². The Morgan fingerprint density at radius 3 is 3.00 bits per heavy atom. The van der Waals surface area contributed by atoms with E-state index in [1.165, 1.54) is 4.57 Å². The van der Waals surface area contributed by atoms with Crippen LogP contribution in [0, 0.1) is 0 Å². The minimum Gasteiger partial charge on any atom is -0.489 e. The van der Waals surface area contributed by atoms with Gasteiger partial charge < -0.3 is 9.72 Å². The van der Waals surface area contributed by atoms with Gasteiger partial charge >= 0.3 is 11.1 Å². The number of nitrogens with zero attached hydrogens (tertiary/aromatic N) is 1. The molecule has 3 rings (SSSR count). The van der Waals surface area contributed by atoms with Crippen molar-refractivity contribution in [1.29, 1.82) is 0 Å². The van der Waals surface area contributed by atoms with Crippen molar-refractivity contribution >= 4 is 27.0 Å². The van der Waals surface area contributed by atoms with Gasteiger partial charge in [-0.1, -0.05) is 15.9 Å². The van der Waals surface area contributed by atoms with E-state index in [-0.39, 0.29) is 0 Å². The lowest BCUT2D eigenvalue weighted by Gasteiger charge is -2.19. The first kappa shape index (κ1) is 9.65. The van der Waals surface area contributed by atoms with Crippen LogP contribution in [0.5, 0.6) is 5.75 Å². The van der Waals surface area contributed by atoms with Gasteiger partial charge in [0.05, 0.1) is 12.1 Å². The van der Waals surface area contributed by atoms with E-state index in [2.05, 4.69) is 20.9 Å². The van der Waals surface area contributed by atoms with Crippen LogP contribution in [0.4, 0.5) is 0 Å². The smallest absolute Gasteiger partial charge is 0.316 e. The Labute approximate surface area is 97.8 Å². The maximum Gasteiger partial charge on any atom is 0.316 e. The molecular weight excluding hydrogens is 276 g/mol. The van der Waals surface area contributed by atoms with Gasteiger partial charge in [0, 0.05) is 4.47 Å². The molecule has 2 aromatic rings. The van der Waals surface area contributed by atoms with Crippen LogP contribution >= 0.6 is 15.9 Å². The molecule has 1 aliphatic rings. The van der Waals surface area contributed by atoms with E-state index < -0.39 is 11.1 Å². The van der Waals surface area contributed by atoms with Crippen LogP contribution in [-0.4, -0.2) is 16.2 Å². The molecule has 0 aliphatic carbocycles. The third-order valence-corrected chi connectivity index (χ3v) is 3.03. The summed E-state index contributed by atoms with van der Waals surface area (Å²) in [5.41, 5.74) is 0.130. The Balaban J connectivity index is 2.61. The van der Waals surface area contributed by atoms with Crippen molar-refractivity contribution in [2.45, 2.75) is 6.54 Å². The number of ether oxygens (including phenoxy) is 1. The highest BCUT2D eigenvalue weighted by Crippen LogP contribution is 2.29. The molecule has 0 fully saturated rings. The average molecular weight is 283 g/mol. The molecule has 0 amide bonds. The first-order valence-electron chi connectivity index (χ1n) is 4.76. The van der Waals surface area contributed by atoms with Gasteiger partial charge in [0.1, 0.15) is 17.9 Å². The third kappa shape index (κ3) is 1.23. The predicted molar refractivity (Wildman–Crippen MR) is 62.0 cm³/mol. The summed E-state index contributed by atoms with van der Waals surface area (Å²) in [5.74, 6) is 0.615. The summed E-state index contributed by atoms with van der Waals surface area (Å²) in [6.07, 6.45) is 0. The van der Waals surface area contributed by atoms with E-state index in [1.807, 2.05) is 0 Å². The van der Waals surface area contributed by atoms with Gasteiger partial charge in [-0.3, -0.25) is 14.2 Å². The number of nitrogens with one attached hydrogen (secondary N) is 1. The van der Waals surface area contributed by atoms with E-state index in [9.17, 15) is 9.59 Å². The minimum atomic E-state index is -0.599. The number of benzene rings is 1. The molecule has 2 heterocycles. The molecular formula is C10H7BrN2O3. The molecule has 5 nitrogen and oxygen atoms in total. The lowest BCUT2D eigenvalue weighted by molar-refractivity contribution is 0.283. The molecule has 1 N–H and O–H groups in total. The maximum atomic E-state index is 11.6. The number of hydrogen-bond donors (Lipinski definition) is 1. The molecule has 82 valence electrons. The van der Waals surface area contributed by atoms with Crippen LogP contribution < -0.4 is 15.9 Å². The lowest BCUT2D eigenvalue weighted by atomic mass is 10.2. The van der Waals surface area contributed by atoms with Crippen LogP contribution in [0.25, 0.3) is 11.0 Å². The molecule has 0 saturated heterocycles. The zero-order chi connectivity index (χ0) is 11.3. The molecule has 6 heteroatoms. The predicted octanol–water partition coefficient (Wildman–Crippen LogP) is 0.845. The van der Waals surface area contributed by atoms with Gasteiger partial charge in [0.15, 0.2) is 0 Å². The minimum absolute atomic E-state index is 0.405. The number of H-pyrrole nitrogens is 1. The molecule has 1 aromatic heterocycles. The number of rotatable bonds is 0. The van der Waals surface area contributed by atoms with Crippen molar-refractivity contribution in [3.63, 3.8) is 0 Å². The Bertz CT molecular complexity index is 702. The van der Waals surface area contributed by atoms with E-state index in [0.29, 0.717) is 29.9 Å². The fourth-order valence-corrected chi connectivity index (χ4v) is 2.35. The number of halogens is 1. The highest BCUT2D eigenvalue weighted by Gasteiger charge is 2.17. The first-order valence-corrected chi connectivity index (χ1v) is 5.55. The monoisotopic (exact) mass is 282 g/mol. The Morgan fingerprint density at radius 2 is 2.19 bits per heavy atom. The largest absolute Gasteiger partial charge is 0.489 e. The normalized spacial score (nSPS) is 13.8. The fourth-order valence-electron chi connectivity index (χ4n) is 1.92. The zero-order valence-electron chi connectivity index (χ0n) is 8.12. The van der Waals surface area contributed by atoms with Crippen LogP contribution in [0.2, 0.25) is 0 Å². The second kappa shape index (κ2) is 3.21. The summed E-state index contributed by atoms with van der Waals surface area (Å²) in [6.45, 7) is 0.815. The highest BCUT2D eigenvalue weighted by atomic mass is 79.9. The van der Waals surface area contributed by atoms with Crippen LogP contribution in [0.15, 0.2) is 26.2 Å². The van der Waals surface area contributed by atoms with Crippen molar-refractivity contribution in [3.8, 4) is 5.75 Å². The molecule has 0 saturated carbocycles. The molecule has 0 atom stereocenters. The SMILES string of the molecule is O=c1[nH]c2cc(Br)cc3c2n(c1=O)CCO3. The molecule has 1 aliphatic heterocycles. The quantitative estimate of drug-likeness (QED) is 0.729. The van der Waals surface area contributed by atoms with Crippen molar-refractivity contribution in [3.05, 3.63) is 37.3 Å². The second-order valence-electron chi connectivity index (χ2n) is 3.56. The molecule has 1 aromatic carbocycles. The topological polar surface area (TPSA) is 64.1 Å². The van der Waals surface area contributed by atoms with E-state index in [0.717, 1.165) is 4.47 Å². The van der Waals surface area contributed by atoms with Gasteiger partial charge in [-0.2, -0.15) is 0 Å². The molecule has 0 unspecified atom stereocenters. The lowest BCUT2D eigenvalue weighted by Crippen LogP contribution is -2.39. The second-order valence-corrected chi connectivity index (χ2v) is 4.48. The molecule has 16 heavy (non-hydrogen) atoms. The Kier molecular flexibility index (Phi) is 1.94. The van der Waals surface area contributed by atoms with Crippen LogP contribution in [0.1, 0.15) is 0 Å². The summed E-state index contributed by atoms with van der Waals surface area (Å²) >= 11 is 3.33. The van der Waals surface area contributed by atoms with E-state index in [1.54, 1.807) is 12.1 Å². The summed E-state index contributed by atoms with van der Waals surface area (Å²) < 4.78 is 7.72. The first-order chi connectivity index (χ1) is 7.66. The highest BCUT2D eigenvalue weighted by molar-refractivity contribution is 9.10. The Morgan fingerprint density at radius 1 is 1.38 bits per heavy atom. The third-order valence-electron chi connectivity index (χ3n) is 2.57. The average Bonchev–Trinajstić information content (AvgIpc) is 2.25. The maximum absolute atomic E-state index is 11.6. The van der Waals surface area contributed by atoms with Crippen LogP contribution in [0.3, 0.4) is 0 Å². The summed E-state index contributed by atoms with van der Waals surface area (Å²) in [4.78, 5) is 25.6. The van der Waals surface area contributed by atoms with Crippen molar-refractivity contribution < 1.29 is 4.74 Å². The van der Waals surface area contributed by atoms with Gasteiger partial charge in [-0.15, -0.1) is 0 Å². The number of aromatic amines is 1. The van der Waals surface area contributed by atoms with Crippen LogP contribution in [-0.2, 0) is 6.54 Å². The molecule has 0 radical (unpaired) electrons.